The number of hydrogen-bond donors (Lipinski definition) is 0. The van der Waals surface area contributed by atoms with Crippen molar-refractivity contribution in [1.29, 1.82) is 0 Å². The smallest absolute Gasteiger partial charge is 0.123 e. The standard InChI is InChI=1S/C8H10O/c9-5-8-4-6-1-2-7(8)3-6/h1-2,5-8H,3-4H2/t6-,7-,8+/m1/s1. The van der Waals surface area contributed by atoms with Crippen LogP contribution in [0.5, 0.6) is 0 Å². The van der Waals surface area contributed by atoms with Crippen LogP contribution in [-0.4, -0.2) is 6.29 Å². The van der Waals surface area contributed by atoms with E-state index in [1.807, 2.05) is 0 Å². The molecule has 0 saturated heterocycles. The zero-order chi connectivity index (χ0) is 6.27. The van der Waals surface area contributed by atoms with Crippen LogP contribution in [0.3, 0.4) is 0 Å². The second kappa shape index (κ2) is 1.69. The molecule has 1 fully saturated rings. The van der Waals surface area contributed by atoms with Gasteiger partial charge in [0.1, 0.15) is 6.29 Å². The molecule has 0 heterocycles. The Bertz CT molecular complexity index is 160. The fourth-order valence-corrected chi connectivity index (χ4v) is 1.98. The zero-order valence-electron chi connectivity index (χ0n) is 5.29. The molecule has 1 heteroatoms. The maximum Gasteiger partial charge on any atom is 0.123 e. The van der Waals surface area contributed by atoms with Gasteiger partial charge in [0.2, 0.25) is 0 Å². The summed E-state index contributed by atoms with van der Waals surface area (Å²) in [6, 6.07) is 0. The molecule has 0 spiro atoms. The monoisotopic (exact) mass is 122 g/mol. The highest BCUT2D eigenvalue weighted by atomic mass is 16.1. The first kappa shape index (κ1) is 5.21. The van der Waals surface area contributed by atoms with Crippen molar-refractivity contribution in [2.45, 2.75) is 12.8 Å². The summed E-state index contributed by atoms with van der Waals surface area (Å²) in [7, 11) is 0. The highest BCUT2D eigenvalue weighted by Gasteiger charge is 2.34. The molecule has 0 aromatic carbocycles. The van der Waals surface area contributed by atoms with Crippen LogP contribution >= 0.6 is 0 Å². The summed E-state index contributed by atoms with van der Waals surface area (Å²) in [5.74, 6) is 1.71. The van der Waals surface area contributed by atoms with Crippen LogP contribution in [0.4, 0.5) is 0 Å². The Morgan fingerprint density at radius 2 is 2.22 bits per heavy atom. The molecule has 1 nitrogen and oxygen atoms in total. The van der Waals surface area contributed by atoms with E-state index >= 15 is 0 Å². The maximum absolute atomic E-state index is 10.4. The lowest BCUT2D eigenvalue weighted by molar-refractivity contribution is -0.111. The number of carbonyl (C=O) groups is 1. The third-order valence-electron chi connectivity index (χ3n) is 2.51. The average Bonchev–Trinajstić information content (AvgIpc) is 2.45. The molecule has 9 heavy (non-hydrogen) atoms. The molecule has 2 rings (SSSR count). The van der Waals surface area contributed by atoms with E-state index in [0.29, 0.717) is 11.8 Å². The van der Waals surface area contributed by atoms with Gasteiger partial charge in [-0.15, -0.1) is 0 Å². The van der Waals surface area contributed by atoms with Gasteiger partial charge in [-0.2, -0.15) is 0 Å². The molecular weight excluding hydrogens is 112 g/mol. The largest absolute Gasteiger partial charge is 0.303 e. The van der Waals surface area contributed by atoms with Crippen LogP contribution in [0.2, 0.25) is 0 Å². The van der Waals surface area contributed by atoms with E-state index < -0.39 is 0 Å². The Labute approximate surface area is 54.8 Å². The lowest BCUT2D eigenvalue weighted by Gasteiger charge is -2.08. The Morgan fingerprint density at radius 1 is 1.33 bits per heavy atom. The molecule has 2 aliphatic carbocycles. The Balaban J connectivity index is 2.19. The Morgan fingerprint density at radius 3 is 2.56 bits per heavy atom. The summed E-state index contributed by atoms with van der Waals surface area (Å²) >= 11 is 0. The van der Waals surface area contributed by atoms with Gasteiger partial charge in [0.05, 0.1) is 0 Å². The summed E-state index contributed by atoms with van der Waals surface area (Å²) in [5.41, 5.74) is 0. The first-order valence-corrected chi connectivity index (χ1v) is 3.54. The van der Waals surface area contributed by atoms with Gasteiger partial charge in [-0.05, 0) is 24.7 Å². The third kappa shape index (κ3) is 0.640. The van der Waals surface area contributed by atoms with Crippen molar-refractivity contribution in [2.24, 2.45) is 17.8 Å². The highest BCUT2D eigenvalue weighted by molar-refractivity contribution is 5.56. The van der Waals surface area contributed by atoms with E-state index in [2.05, 4.69) is 12.2 Å². The van der Waals surface area contributed by atoms with Crippen molar-refractivity contribution in [2.75, 3.05) is 0 Å². The molecule has 2 bridgehead atoms. The van der Waals surface area contributed by atoms with Crippen molar-refractivity contribution in [3.05, 3.63) is 12.2 Å². The van der Waals surface area contributed by atoms with E-state index in [9.17, 15) is 4.79 Å². The molecule has 0 radical (unpaired) electrons. The summed E-state index contributed by atoms with van der Waals surface area (Å²) in [5, 5.41) is 0. The molecule has 2 aliphatic rings. The summed E-state index contributed by atoms with van der Waals surface area (Å²) < 4.78 is 0. The Kier molecular flexibility index (Phi) is 0.981. The summed E-state index contributed by atoms with van der Waals surface area (Å²) in [6.07, 6.45) is 7.93. The van der Waals surface area contributed by atoms with Crippen LogP contribution in [-0.2, 0) is 4.79 Å². The fraction of sp³-hybridized carbons (Fsp3) is 0.625. The molecule has 0 unspecified atom stereocenters. The molecule has 3 atom stereocenters. The van der Waals surface area contributed by atoms with E-state index in [0.717, 1.165) is 18.6 Å². The lowest BCUT2D eigenvalue weighted by atomic mass is 9.95. The van der Waals surface area contributed by atoms with Crippen molar-refractivity contribution in [1.82, 2.24) is 0 Å². The van der Waals surface area contributed by atoms with Crippen LogP contribution in [0.1, 0.15) is 12.8 Å². The quantitative estimate of drug-likeness (QED) is 0.379. The lowest BCUT2D eigenvalue weighted by Crippen LogP contribution is -2.07. The first-order valence-electron chi connectivity index (χ1n) is 3.54. The summed E-state index contributed by atoms with van der Waals surface area (Å²) in [4.78, 5) is 10.4. The van der Waals surface area contributed by atoms with Crippen molar-refractivity contribution in [3.8, 4) is 0 Å². The molecule has 0 aromatic heterocycles. The van der Waals surface area contributed by atoms with Gasteiger partial charge in [0.15, 0.2) is 0 Å². The molecular formula is C8H10O. The van der Waals surface area contributed by atoms with E-state index in [1.165, 1.54) is 6.42 Å². The van der Waals surface area contributed by atoms with Crippen LogP contribution < -0.4 is 0 Å². The van der Waals surface area contributed by atoms with E-state index in [-0.39, 0.29) is 0 Å². The van der Waals surface area contributed by atoms with Crippen LogP contribution in [0, 0.1) is 17.8 Å². The van der Waals surface area contributed by atoms with Gasteiger partial charge in [-0.25, -0.2) is 0 Å². The number of hydrogen-bond acceptors (Lipinski definition) is 1. The molecule has 0 aliphatic heterocycles. The topological polar surface area (TPSA) is 17.1 Å². The van der Waals surface area contributed by atoms with Gasteiger partial charge >= 0.3 is 0 Å². The average molecular weight is 122 g/mol. The predicted molar refractivity (Wildman–Crippen MR) is 34.9 cm³/mol. The highest BCUT2D eigenvalue weighted by Crippen LogP contribution is 2.42. The molecule has 48 valence electrons. The van der Waals surface area contributed by atoms with Gasteiger partial charge < -0.3 is 4.79 Å². The van der Waals surface area contributed by atoms with Crippen molar-refractivity contribution in [3.63, 3.8) is 0 Å². The van der Waals surface area contributed by atoms with Crippen molar-refractivity contribution < 1.29 is 4.79 Å². The van der Waals surface area contributed by atoms with E-state index in [1.54, 1.807) is 0 Å². The third-order valence-corrected chi connectivity index (χ3v) is 2.51. The molecule has 0 N–H and O–H groups in total. The minimum absolute atomic E-state index is 0.361. The zero-order valence-corrected chi connectivity index (χ0v) is 5.29. The van der Waals surface area contributed by atoms with Gasteiger partial charge in [-0.1, -0.05) is 12.2 Å². The molecule has 0 amide bonds. The fourth-order valence-electron chi connectivity index (χ4n) is 1.98. The Hall–Kier alpha value is -0.590. The normalized spacial score (nSPS) is 46.0. The second-order valence-electron chi connectivity index (χ2n) is 3.08. The molecule has 0 aromatic rings. The van der Waals surface area contributed by atoms with Crippen molar-refractivity contribution >= 4 is 6.29 Å². The number of fused-ring (bicyclic) bond motifs is 2. The SMILES string of the molecule is O=C[C@@H]1C[C@@H]2C=C[C@@H]1C2. The number of aldehydes is 1. The summed E-state index contributed by atoms with van der Waals surface area (Å²) in [6.45, 7) is 0. The number of rotatable bonds is 1. The molecule has 1 saturated carbocycles. The predicted octanol–water partition coefficient (Wildman–Crippen LogP) is 1.40. The van der Waals surface area contributed by atoms with Crippen LogP contribution in [0.25, 0.3) is 0 Å². The minimum Gasteiger partial charge on any atom is -0.303 e. The number of carbonyl (C=O) groups excluding carboxylic acids is 1. The van der Waals surface area contributed by atoms with Gasteiger partial charge in [-0.3, -0.25) is 0 Å². The first-order chi connectivity index (χ1) is 4.40. The van der Waals surface area contributed by atoms with Gasteiger partial charge in [0, 0.05) is 5.92 Å². The van der Waals surface area contributed by atoms with E-state index in [4.69, 9.17) is 0 Å². The minimum atomic E-state index is 0.361. The number of allylic oxidation sites excluding steroid dienone is 2. The van der Waals surface area contributed by atoms with Gasteiger partial charge in [0.25, 0.3) is 0 Å². The maximum atomic E-state index is 10.4. The van der Waals surface area contributed by atoms with Crippen LogP contribution in [0.15, 0.2) is 12.2 Å². The second-order valence-corrected chi connectivity index (χ2v) is 3.08.